The van der Waals surface area contributed by atoms with E-state index >= 15 is 0 Å². The van der Waals surface area contributed by atoms with Gasteiger partial charge in [-0.1, -0.05) is 30.3 Å². The molecule has 2 aliphatic heterocycles. The van der Waals surface area contributed by atoms with Crippen molar-refractivity contribution in [3.05, 3.63) is 59.2 Å². The van der Waals surface area contributed by atoms with Crippen LogP contribution in [0, 0.1) is 0 Å². The lowest BCUT2D eigenvalue weighted by Crippen LogP contribution is -2.68. The maximum Gasteiger partial charge on any atom is 0.410 e. The monoisotopic (exact) mass is 561 g/mol. The van der Waals surface area contributed by atoms with Gasteiger partial charge in [-0.3, -0.25) is 4.90 Å². The van der Waals surface area contributed by atoms with Crippen molar-refractivity contribution in [2.75, 3.05) is 48.5 Å². The molecule has 12 heteroatoms. The molecular weight excluding hydrogens is 526 g/mol. The summed E-state index contributed by atoms with van der Waals surface area (Å²) in [5.74, 6) is 0.473. The number of nitrogens with zero attached hydrogens (tertiary/aromatic N) is 1. The Bertz CT molecular complexity index is 1130. The summed E-state index contributed by atoms with van der Waals surface area (Å²) >= 11 is 0. The van der Waals surface area contributed by atoms with E-state index in [-0.39, 0.29) is 40.3 Å². The number of hydrogen-bond donors (Lipinski definition) is 1. The standard InChI is InChI=1S/C28H35NO11/c1-32-13-38-25-23-22(24(30)26(39-14-33-2)27(25)40-15-34-3)19-10-21-20(36-16-37-21)9-18(19)11-29(23)28(31)35-12-17-7-5-4-6-8-17/h4-10,22-27,30H,11-16H2,1-3H3/t22-,23+,24-,25-,26-,27-/m0/s1. The van der Waals surface area contributed by atoms with Gasteiger partial charge in [0.05, 0.1) is 12.1 Å². The van der Waals surface area contributed by atoms with E-state index in [0.717, 1.165) is 16.7 Å². The number of carbonyl (C=O) groups is 1. The third-order valence-electron chi connectivity index (χ3n) is 7.33. The van der Waals surface area contributed by atoms with Gasteiger partial charge in [-0.15, -0.1) is 0 Å². The van der Waals surface area contributed by atoms with Gasteiger partial charge in [0.2, 0.25) is 6.79 Å². The molecule has 0 bridgehead atoms. The molecule has 0 aromatic heterocycles. The van der Waals surface area contributed by atoms with E-state index in [2.05, 4.69) is 0 Å². The van der Waals surface area contributed by atoms with Crippen molar-refractivity contribution >= 4 is 6.09 Å². The first kappa shape index (κ1) is 28.6. The number of amides is 1. The van der Waals surface area contributed by atoms with Crippen LogP contribution in [-0.4, -0.2) is 95.1 Å². The zero-order valence-corrected chi connectivity index (χ0v) is 22.7. The number of ether oxygens (including phenoxy) is 9. The Morgan fingerprint density at radius 1 is 0.900 bits per heavy atom. The van der Waals surface area contributed by atoms with E-state index in [1.165, 1.54) is 21.3 Å². The predicted octanol–water partition coefficient (Wildman–Crippen LogP) is 2.36. The molecule has 218 valence electrons. The highest BCUT2D eigenvalue weighted by atomic mass is 16.7. The predicted molar refractivity (Wildman–Crippen MR) is 138 cm³/mol. The van der Waals surface area contributed by atoms with Crippen LogP contribution in [0.1, 0.15) is 22.6 Å². The van der Waals surface area contributed by atoms with Crippen molar-refractivity contribution in [2.24, 2.45) is 0 Å². The highest BCUT2D eigenvalue weighted by Gasteiger charge is 2.58. The second-order valence-corrected chi connectivity index (χ2v) is 9.69. The quantitative estimate of drug-likeness (QED) is 0.407. The fraction of sp³-hybridized carbons (Fsp3) is 0.536. The molecule has 5 rings (SSSR count). The Morgan fingerprint density at radius 3 is 2.20 bits per heavy atom. The first-order valence-electron chi connectivity index (χ1n) is 13.0. The molecule has 3 aliphatic rings. The van der Waals surface area contributed by atoms with Crippen molar-refractivity contribution in [1.82, 2.24) is 4.90 Å². The normalized spacial score (nSPS) is 26.8. The van der Waals surface area contributed by atoms with Crippen LogP contribution in [-0.2, 0) is 46.3 Å². The van der Waals surface area contributed by atoms with Gasteiger partial charge in [0.15, 0.2) is 11.5 Å². The Balaban J connectivity index is 1.56. The second kappa shape index (κ2) is 13.1. The van der Waals surface area contributed by atoms with Gasteiger partial charge in [-0.2, -0.15) is 0 Å². The molecule has 0 saturated heterocycles. The minimum absolute atomic E-state index is 0.0802. The summed E-state index contributed by atoms with van der Waals surface area (Å²) in [5, 5.41) is 11.9. The maximum absolute atomic E-state index is 13.7. The van der Waals surface area contributed by atoms with E-state index in [0.29, 0.717) is 11.5 Å². The van der Waals surface area contributed by atoms with Crippen molar-refractivity contribution in [2.45, 2.75) is 49.5 Å². The van der Waals surface area contributed by atoms with Crippen LogP contribution in [0.25, 0.3) is 0 Å². The van der Waals surface area contributed by atoms with Gasteiger partial charge in [0.25, 0.3) is 0 Å². The van der Waals surface area contributed by atoms with Gasteiger partial charge in [0, 0.05) is 33.8 Å². The molecule has 12 nitrogen and oxygen atoms in total. The van der Waals surface area contributed by atoms with Gasteiger partial charge >= 0.3 is 6.09 Å². The fourth-order valence-corrected chi connectivity index (χ4v) is 5.67. The number of aliphatic hydroxyl groups excluding tert-OH is 1. The number of fused-ring (bicyclic) bond motifs is 4. The zero-order chi connectivity index (χ0) is 28.1. The van der Waals surface area contributed by atoms with Crippen molar-refractivity contribution in [1.29, 1.82) is 0 Å². The maximum atomic E-state index is 13.7. The van der Waals surface area contributed by atoms with Crippen molar-refractivity contribution < 1.29 is 52.5 Å². The van der Waals surface area contributed by atoms with E-state index in [9.17, 15) is 9.90 Å². The summed E-state index contributed by atoms with van der Waals surface area (Å²) in [7, 11) is 4.48. The lowest BCUT2D eigenvalue weighted by Gasteiger charge is -2.54. The molecule has 1 fully saturated rings. The van der Waals surface area contributed by atoms with E-state index in [4.69, 9.17) is 42.6 Å². The Morgan fingerprint density at radius 2 is 1.52 bits per heavy atom. The molecule has 40 heavy (non-hydrogen) atoms. The van der Waals surface area contributed by atoms with E-state index in [1.54, 1.807) is 4.90 Å². The molecule has 6 atom stereocenters. The highest BCUT2D eigenvalue weighted by molar-refractivity contribution is 5.70. The minimum Gasteiger partial charge on any atom is -0.454 e. The van der Waals surface area contributed by atoms with Crippen LogP contribution in [0.5, 0.6) is 11.5 Å². The van der Waals surface area contributed by atoms with Crippen LogP contribution in [0.15, 0.2) is 42.5 Å². The minimum atomic E-state index is -1.13. The van der Waals surface area contributed by atoms with Crippen LogP contribution in [0.4, 0.5) is 4.79 Å². The summed E-state index contributed by atoms with van der Waals surface area (Å²) in [6.45, 7) is 0.0677. The van der Waals surface area contributed by atoms with Crippen molar-refractivity contribution in [3.8, 4) is 11.5 Å². The highest BCUT2D eigenvalue weighted by Crippen LogP contribution is 2.48. The Kier molecular flexibility index (Phi) is 9.37. The number of hydrogen-bond acceptors (Lipinski definition) is 11. The molecule has 0 radical (unpaired) electrons. The third-order valence-corrected chi connectivity index (χ3v) is 7.33. The molecule has 1 aliphatic carbocycles. The van der Waals surface area contributed by atoms with Crippen LogP contribution >= 0.6 is 0 Å². The molecule has 2 aromatic rings. The van der Waals surface area contributed by atoms with Gasteiger partial charge in [-0.05, 0) is 28.8 Å². The van der Waals surface area contributed by atoms with Gasteiger partial charge < -0.3 is 47.7 Å². The SMILES string of the molecule is COCO[C@H]1[C@@H](OCOC)[C@H]2[C@H](c3cc4c(cc3CN2C(=O)OCc2ccccc2)OCO4)[C@H](O)[C@@H]1OCOC. The van der Waals surface area contributed by atoms with Crippen LogP contribution in [0.2, 0.25) is 0 Å². The summed E-state index contributed by atoms with van der Waals surface area (Å²) in [4.78, 5) is 15.3. The van der Waals surface area contributed by atoms with Gasteiger partial charge in [0.1, 0.15) is 45.3 Å². The molecular formula is C28H35NO11. The largest absolute Gasteiger partial charge is 0.454 e. The Hall–Kier alpha value is -2.97. The molecule has 0 unspecified atom stereocenters. The average molecular weight is 562 g/mol. The fourth-order valence-electron chi connectivity index (χ4n) is 5.67. The number of rotatable bonds is 11. The second-order valence-electron chi connectivity index (χ2n) is 9.69. The summed E-state index contributed by atoms with van der Waals surface area (Å²) in [6, 6.07) is 12.4. The van der Waals surface area contributed by atoms with E-state index < -0.39 is 42.5 Å². The number of carbonyl (C=O) groups excluding carboxylic acids is 1. The zero-order valence-electron chi connectivity index (χ0n) is 22.7. The molecule has 1 saturated carbocycles. The topological polar surface area (TPSA) is 124 Å². The lowest BCUT2D eigenvalue weighted by atomic mass is 9.69. The average Bonchev–Trinajstić information content (AvgIpc) is 3.44. The third kappa shape index (κ3) is 5.75. The lowest BCUT2D eigenvalue weighted by molar-refractivity contribution is -0.262. The van der Waals surface area contributed by atoms with Crippen LogP contribution < -0.4 is 9.47 Å². The van der Waals surface area contributed by atoms with Crippen molar-refractivity contribution in [3.63, 3.8) is 0 Å². The summed E-state index contributed by atoms with van der Waals surface area (Å²) in [5.41, 5.74) is 2.42. The summed E-state index contributed by atoms with van der Waals surface area (Å²) < 4.78 is 50.8. The van der Waals surface area contributed by atoms with E-state index in [1.807, 2.05) is 42.5 Å². The molecule has 2 aromatic carbocycles. The molecule has 2 heterocycles. The van der Waals surface area contributed by atoms with Gasteiger partial charge in [-0.25, -0.2) is 4.79 Å². The molecule has 1 N–H and O–H groups in total. The van der Waals surface area contributed by atoms with Crippen LogP contribution in [0.3, 0.4) is 0 Å². The Labute approximate surface area is 232 Å². The smallest absolute Gasteiger partial charge is 0.410 e. The molecule has 0 spiro atoms. The number of methoxy groups -OCH3 is 3. The first-order valence-corrected chi connectivity index (χ1v) is 13.0. The molecule has 1 amide bonds. The number of benzene rings is 2. The summed E-state index contributed by atoms with van der Waals surface area (Å²) in [6.07, 6.45) is -4.23. The number of aliphatic hydroxyl groups is 1. The first-order chi connectivity index (χ1) is 19.6.